The molecule has 11 heteroatoms. The Morgan fingerprint density at radius 3 is 2.55 bits per heavy atom. The molecule has 2 bridgehead atoms. The van der Waals surface area contributed by atoms with Crippen LogP contribution in [0.5, 0.6) is 5.75 Å². The molecule has 166 valence electrons. The van der Waals surface area contributed by atoms with E-state index in [1.807, 2.05) is 4.68 Å². The van der Waals surface area contributed by atoms with Gasteiger partial charge in [-0.3, -0.25) is 0 Å². The molecule has 4 aliphatic rings. The third-order valence-corrected chi connectivity index (χ3v) is 6.84. The van der Waals surface area contributed by atoms with Crippen molar-refractivity contribution in [1.29, 1.82) is 0 Å². The van der Waals surface area contributed by atoms with Crippen molar-refractivity contribution in [1.82, 2.24) is 19.7 Å². The summed E-state index contributed by atoms with van der Waals surface area (Å²) in [6.45, 7) is 1.59. The molecule has 2 aliphatic heterocycles. The Bertz CT molecular complexity index is 1000. The number of ether oxygens (including phenoxy) is 2. The molecule has 0 unspecified atom stereocenters. The summed E-state index contributed by atoms with van der Waals surface area (Å²) in [6.07, 6.45) is 1.09. The van der Waals surface area contributed by atoms with E-state index in [1.54, 1.807) is 0 Å². The quantitative estimate of drug-likeness (QED) is 0.739. The summed E-state index contributed by atoms with van der Waals surface area (Å²) in [6, 6.07) is 0.107. The highest BCUT2D eigenvalue weighted by Crippen LogP contribution is 2.45. The second-order valence-corrected chi connectivity index (χ2v) is 8.80. The molecule has 31 heavy (non-hydrogen) atoms. The molecule has 0 spiro atoms. The van der Waals surface area contributed by atoms with E-state index in [-0.39, 0.29) is 35.7 Å². The molecule has 4 heterocycles. The number of anilines is 3. The van der Waals surface area contributed by atoms with Crippen LogP contribution in [0.2, 0.25) is 0 Å². The predicted octanol–water partition coefficient (Wildman–Crippen LogP) is 3.86. The lowest BCUT2D eigenvalue weighted by atomic mass is 9.80. The van der Waals surface area contributed by atoms with Crippen LogP contribution in [0.4, 0.5) is 30.8 Å². The van der Waals surface area contributed by atoms with Gasteiger partial charge in [-0.2, -0.15) is 23.3 Å². The van der Waals surface area contributed by atoms with Gasteiger partial charge in [0, 0.05) is 18.2 Å². The lowest BCUT2D eigenvalue weighted by molar-refractivity contribution is -0.137. The molecule has 2 aliphatic carbocycles. The van der Waals surface area contributed by atoms with Gasteiger partial charge in [0.15, 0.2) is 11.6 Å². The van der Waals surface area contributed by atoms with Gasteiger partial charge >= 0.3 is 6.18 Å². The molecule has 1 saturated heterocycles. The van der Waals surface area contributed by atoms with E-state index in [2.05, 4.69) is 20.6 Å². The maximum absolute atomic E-state index is 13.5. The molecule has 3 fully saturated rings. The number of nitrogens with one attached hydrogen (secondary N) is 2. The van der Waals surface area contributed by atoms with Gasteiger partial charge in [-0.25, -0.2) is 9.67 Å². The average molecular weight is 436 g/mol. The molecule has 0 radical (unpaired) electrons. The van der Waals surface area contributed by atoms with Crippen LogP contribution >= 0.6 is 0 Å². The minimum Gasteiger partial charge on any atom is -0.487 e. The Balaban J connectivity index is 1.46. The summed E-state index contributed by atoms with van der Waals surface area (Å²) >= 11 is 0. The summed E-state index contributed by atoms with van der Waals surface area (Å²) in [7, 11) is 0. The number of nitrogens with zero attached hydrogens (tertiary/aromatic N) is 4. The van der Waals surface area contributed by atoms with Crippen molar-refractivity contribution < 1.29 is 22.6 Å². The number of fused-ring (bicyclic) bond motifs is 4. The Morgan fingerprint density at radius 1 is 1.10 bits per heavy atom. The first kappa shape index (κ1) is 19.1. The largest absolute Gasteiger partial charge is 0.487 e. The van der Waals surface area contributed by atoms with E-state index in [9.17, 15) is 13.2 Å². The maximum Gasteiger partial charge on any atom is 0.421 e. The molecule has 0 aromatic carbocycles. The van der Waals surface area contributed by atoms with Crippen LogP contribution in [0, 0.1) is 5.92 Å². The fourth-order valence-corrected chi connectivity index (χ4v) is 4.44. The van der Waals surface area contributed by atoms with Gasteiger partial charge < -0.3 is 20.1 Å². The summed E-state index contributed by atoms with van der Waals surface area (Å²) in [5.41, 5.74) is -0.0141. The fourth-order valence-electron chi connectivity index (χ4n) is 4.44. The van der Waals surface area contributed by atoms with Crippen LogP contribution in [0.1, 0.15) is 55.3 Å². The van der Waals surface area contributed by atoms with E-state index in [0.717, 1.165) is 44.0 Å². The van der Waals surface area contributed by atoms with Crippen molar-refractivity contribution in [3.63, 3.8) is 0 Å². The SMILES string of the molecule is FC(F)(F)c1cnc2nc1N[C@@H]1CC[C@H]1COc1c(C3COC3)nn(C3CCC3)c1N2. The third kappa shape index (κ3) is 3.20. The Morgan fingerprint density at radius 2 is 1.94 bits per heavy atom. The summed E-state index contributed by atoms with van der Waals surface area (Å²) in [4.78, 5) is 8.19. The molecule has 0 amide bonds. The molecule has 2 saturated carbocycles. The number of alkyl halides is 3. The van der Waals surface area contributed by atoms with Gasteiger partial charge in [0.2, 0.25) is 5.95 Å². The minimum absolute atomic E-state index is 0.0926. The van der Waals surface area contributed by atoms with Crippen LogP contribution in [-0.4, -0.2) is 45.6 Å². The summed E-state index contributed by atoms with van der Waals surface area (Å²) in [5, 5.41) is 11.0. The zero-order valence-corrected chi connectivity index (χ0v) is 16.8. The average Bonchev–Trinajstić information content (AvgIpc) is 2.92. The molecule has 2 aromatic heterocycles. The summed E-state index contributed by atoms with van der Waals surface area (Å²) in [5.74, 6) is 1.43. The van der Waals surface area contributed by atoms with Crippen molar-refractivity contribution in [2.24, 2.45) is 5.92 Å². The third-order valence-electron chi connectivity index (χ3n) is 6.84. The van der Waals surface area contributed by atoms with Gasteiger partial charge in [-0.1, -0.05) is 0 Å². The molecule has 2 atom stereocenters. The Kier molecular flexibility index (Phi) is 4.31. The van der Waals surface area contributed by atoms with Crippen molar-refractivity contribution in [2.45, 2.75) is 56.3 Å². The fraction of sp³-hybridized carbons (Fsp3) is 0.650. The normalized spacial score (nSPS) is 25.9. The first-order valence-corrected chi connectivity index (χ1v) is 10.8. The number of aromatic nitrogens is 4. The number of rotatable bonds is 2. The summed E-state index contributed by atoms with van der Waals surface area (Å²) < 4.78 is 54.2. The highest BCUT2D eigenvalue weighted by Gasteiger charge is 2.40. The standard InChI is InChI=1S/C20H23F3N6O2/c21-20(22,23)13-6-24-19-26-17(13)25-14-5-4-10(14)9-31-16-15(11-7-30-8-11)28-29(18(16)27-19)12-2-1-3-12/h6,10-12,14H,1-5,7-9H2,(H2,24,25,26,27)/t10-,14+/m0/s1. The monoisotopic (exact) mass is 436 g/mol. The van der Waals surface area contributed by atoms with Gasteiger partial charge in [-0.05, 0) is 32.1 Å². The molecule has 8 nitrogen and oxygen atoms in total. The Hall–Kier alpha value is -2.56. The topological polar surface area (TPSA) is 86.1 Å². The van der Waals surface area contributed by atoms with Gasteiger partial charge in [0.1, 0.15) is 17.1 Å². The zero-order chi connectivity index (χ0) is 21.2. The van der Waals surface area contributed by atoms with Crippen LogP contribution in [0.3, 0.4) is 0 Å². The van der Waals surface area contributed by atoms with Gasteiger partial charge in [0.05, 0.1) is 31.8 Å². The lowest BCUT2D eigenvalue weighted by Gasteiger charge is -2.37. The number of hydrogen-bond acceptors (Lipinski definition) is 7. The molecular formula is C20H23F3N6O2. The van der Waals surface area contributed by atoms with Gasteiger partial charge in [0.25, 0.3) is 0 Å². The van der Waals surface area contributed by atoms with E-state index < -0.39 is 11.7 Å². The maximum atomic E-state index is 13.5. The van der Waals surface area contributed by atoms with Gasteiger partial charge in [-0.15, -0.1) is 0 Å². The minimum atomic E-state index is -4.53. The molecule has 2 N–H and O–H groups in total. The van der Waals surface area contributed by atoms with E-state index in [4.69, 9.17) is 14.6 Å². The second kappa shape index (κ2) is 6.98. The number of halogens is 3. The first-order valence-electron chi connectivity index (χ1n) is 10.8. The van der Waals surface area contributed by atoms with E-state index in [1.165, 1.54) is 0 Å². The molecular weight excluding hydrogens is 413 g/mol. The van der Waals surface area contributed by atoms with E-state index >= 15 is 0 Å². The lowest BCUT2D eigenvalue weighted by Crippen LogP contribution is -2.42. The number of hydrogen-bond donors (Lipinski definition) is 2. The van der Waals surface area contributed by atoms with Crippen LogP contribution in [0.25, 0.3) is 0 Å². The molecule has 6 rings (SSSR count). The predicted molar refractivity (Wildman–Crippen MR) is 105 cm³/mol. The van der Waals surface area contributed by atoms with Crippen molar-refractivity contribution in [2.75, 3.05) is 30.5 Å². The van der Waals surface area contributed by atoms with Crippen LogP contribution in [-0.2, 0) is 10.9 Å². The highest BCUT2D eigenvalue weighted by molar-refractivity contribution is 5.63. The van der Waals surface area contributed by atoms with E-state index in [0.29, 0.717) is 31.4 Å². The molecule has 2 aromatic rings. The Labute approximate surface area is 176 Å². The van der Waals surface area contributed by atoms with Crippen LogP contribution in [0.15, 0.2) is 6.20 Å². The van der Waals surface area contributed by atoms with Crippen molar-refractivity contribution in [3.8, 4) is 5.75 Å². The van der Waals surface area contributed by atoms with Crippen molar-refractivity contribution in [3.05, 3.63) is 17.5 Å². The smallest absolute Gasteiger partial charge is 0.421 e. The zero-order valence-electron chi connectivity index (χ0n) is 16.8. The van der Waals surface area contributed by atoms with Crippen LogP contribution < -0.4 is 15.4 Å². The highest BCUT2D eigenvalue weighted by atomic mass is 19.4. The van der Waals surface area contributed by atoms with Crippen molar-refractivity contribution >= 4 is 17.6 Å². The first-order chi connectivity index (χ1) is 15.0. The second-order valence-electron chi connectivity index (χ2n) is 8.80.